The molecule has 0 amide bonds. The lowest BCUT2D eigenvalue weighted by Gasteiger charge is -2.03. The molecule has 0 bridgehead atoms. The number of hydrogen-bond donors (Lipinski definition) is 3. The van der Waals surface area contributed by atoms with Crippen molar-refractivity contribution < 1.29 is 19.2 Å². The summed E-state index contributed by atoms with van der Waals surface area (Å²) in [6, 6.07) is 0. The summed E-state index contributed by atoms with van der Waals surface area (Å²) < 4.78 is 4.45. The van der Waals surface area contributed by atoms with Crippen LogP contribution in [0.1, 0.15) is 58.3 Å². The van der Waals surface area contributed by atoms with E-state index in [4.69, 9.17) is 14.7 Å². The fourth-order valence-electron chi connectivity index (χ4n) is 1.42. The second-order valence-electron chi connectivity index (χ2n) is 3.82. The molecule has 0 aromatic rings. The molecule has 0 aliphatic carbocycles. The average molecular weight is 239 g/mol. The highest BCUT2D eigenvalue weighted by Gasteiger charge is 2.32. The van der Waals surface area contributed by atoms with E-state index in [2.05, 4.69) is 11.4 Å². The van der Waals surface area contributed by atoms with Crippen molar-refractivity contribution in [3.05, 3.63) is 0 Å². The van der Waals surface area contributed by atoms with Crippen molar-refractivity contribution in [2.75, 3.05) is 6.61 Å². The summed E-state index contributed by atoms with van der Waals surface area (Å²) in [5.74, 6) is 0. The molecular weight excluding hydrogens is 215 g/mol. The van der Waals surface area contributed by atoms with Crippen LogP contribution in [0.3, 0.4) is 0 Å². The first-order valence-electron chi connectivity index (χ1n) is 5.78. The Kier molecular flexibility index (Phi) is 9.66. The van der Waals surface area contributed by atoms with E-state index < -0.39 is 8.17 Å². The second kappa shape index (κ2) is 9.49. The molecule has 3 N–H and O–H groups in total. The van der Waals surface area contributed by atoms with E-state index in [0.29, 0.717) is 0 Å². The molecule has 0 heterocycles. The van der Waals surface area contributed by atoms with Crippen molar-refractivity contribution in [3.8, 4) is 0 Å². The van der Waals surface area contributed by atoms with Gasteiger partial charge in [0.25, 0.3) is 0 Å². The summed E-state index contributed by atoms with van der Waals surface area (Å²) in [4.78, 5) is 25.6. The van der Waals surface area contributed by atoms with Crippen molar-refractivity contribution >= 4 is 8.17 Å². The fourth-order valence-corrected chi connectivity index (χ4v) is 1.80. The lowest BCUT2D eigenvalue weighted by Crippen LogP contribution is -1.97. The monoisotopic (exact) mass is 239 g/mol. The van der Waals surface area contributed by atoms with Crippen LogP contribution in [0.15, 0.2) is 0 Å². The summed E-state index contributed by atoms with van der Waals surface area (Å²) >= 11 is 0. The maximum absolute atomic E-state index is 8.52. The summed E-state index contributed by atoms with van der Waals surface area (Å²) in [6.45, 7) is 2.43. The van der Waals surface area contributed by atoms with Gasteiger partial charge in [0.15, 0.2) is 0 Å². The molecule has 0 saturated carbocycles. The molecule has 0 radical (unpaired) electrons. The molecule has 0 spiro atoms. The van der Waals surface area contributed by atoms with Crippen molar-refractivity contribution in [1.29, 1.82) is 0 Å². The summed E-state index contributed by atoms with van der Waals surface area (Å²) in [6.07, 6.45) is 9.36. The lowest BCUT2D eigenvalue weighted by molar-refractivity contribution is 0.157. The van der Waals surface area contributed by atoms with Gasteiger partial charge in [0.1, 0.15) is 6.61 Å². The standard InChI is InChI=1S/C10H24O4P/c1-2-3-4-5-6-7-8-9-10-14-15(11,12)13/h11-13H,2-10H2,1H3/q+1. The highest BCUT2D eigenvalue weighted by atomic mass is 31.2. The first kappa shape index (κ1) is 15.3. The first-order valence-corrected chi connectivity index (χ1v) is 7.34. The van der Waals surface area contributed by atoms with Gasteiger partial charge in [0, 0.05) is 0 Å². The Labute approximate surface area is 93.0 Å². The minimum atomic E-state index is -3.99. The lowest BCUT2D eigenvalue weighted by atomic mass is 10.1. The van der Waals surface area contributed by atoms with E-state index in [1.165, 1.54) is 32.1 Å². The van der Waals surface area contributed by atoms with E-state index >= 15 is 0 Å². The van der Waals surface area contributed by atoms with Gasteiger partial charge in [-0.3, -0.25) is 0 Å². The molecule has 0 rings (SSSR count). The fraction of sp³-hybridized carbons (Fsp3) is 1.00. The van der Waals surface area contributed by atoms with Crippen LogP contribution in [0, 0.1) is 0 Å². The van der Waals surface area contributed by atoms with Crippen molar-refractivity contribution in [3.63, 3.8) is 0 Å². The van der Waals surface area contributed by atoms with Crippen LogP contribution in [0.25, 0.3) is 0 Å². The highest BCUT2D eigenvalue weighted by Crippen LogP contribution is 2.45. The first-order chi connectivity index (χ1) is 7.06. The molecule has 0 atom stereocenters. The average Bonchev–Trinajstić information content (AvgIpc) is 2.14. The maximum Gasteiger partial charge on any atom is 0.567 e. The molecule has 5 heteroatoms. The van der Waals surface area contributed by atoms with Gasteiger partial charge in [-0.2, -0.15) is 19.2 Å². The molecule has 92 valence electrons. The van der Waals surface area contributed by atoms with Crippen molar-refractivity contribution in [2.24, 2.45) is 0 Å². The van der Waals surface area contributed by atoms with Gasteiger partial charge in [0.05, 0.1) is 0 Å². The molecule has 4 nitrogen and oxygen atoms in total. The molecule has 0 unspecified atom stereocenters. The van der Waals surface area contributed by atoms with Gasteiger partial charge in [0.2, 0.25) is 0 Å². The maximum atomic E-state index is 8.52. The van der Waals surface area contributed by atoms with Gasteiger partial charge in [-0.25, -0.2) is 0 Å². The summed E-state index contributed by atoms with van der Waals surface area (Å²) in [5, 5.41) is 0. The van der Waals surface area contributed by atoms with Crippen LogP contribution >= 0.6 is 8.17 Å². The Bertz CT molecular complexity index is 136. The SMILES string of the molecule is CCCCCCCCCCO[P+](O)(O)O. The Morgan fingerprint density at radius 2 is 1.27 bits per heavy atom. The zero-order chi connectivity index (χ0) is 11.6. The molecule has 0 fully saturated rings. The van der Waals surface area contributed by atoms with Crippen molar-refractivity contribution in [1.82, 2.24) is 0 Å². The predicted octanol–water partition coefficient (Wildman–Crippen LogP) is 2.80. The van der Waals surface area contributed by atoms with E-state index in [-0.39, 0.29) is 6.61 Å². The number of unbranched alkanes of at least 4 members (excludes halogenated alkanes) is 7. The molecule has 0 aromatic heterocycles. The van der Waals surface area contributed by atoms with E-state index in [9.17, 15) is 0 Å². The zero-order valence-corrected chi connectivity index (χ0v) is 10.5. The number of rotatable bonds is 10. The molecular formula is C10H24O4P+. The summed E-state index contributed by atoms with van der Waals surface area (Å²) in [7, 11) is -3.99. The molecule has 15 heavy (non-hydrogen) atoms. The Balaban J connectivity index is 2.99. The molecule has 0 aliphatic rings. The van der Waals surface area contributed by atoms with Crippen LogP contribution in [0.4, 0.5) is 0 Å². The zero-order valence-electron chi connectivity index (χ0n) is 9.56. The molecule has 0 aromatic carbocycles. The highest BCUT2D eigenvalue weighted by molar-refractivity contribution is 7.53. The van der Waals surface area contributed by atoms with Crippen LogP contribution in [0.2, 0.25) is 0 Å². The Hall–Kier alpha value is 0.270. The van der Waals surface area contributed by atoms with Gasteiger partial charge < -0.3 is 0 Å². The Morgan fingerprint density at radius 3 is 1.73 bits per heavy atom. The van der Waals surface area contributed by atoms with Crippen molar-refractivity contribution in [2.45, 2.75) is 58.3 Å². The van der Waals surface area contributed by atoms with Crippen LogP contribution in [0.5, 0.6) is 0 Å². The van der Waals surface area contributed by atoms with E-state index in [1.807, 2.05) is 0 Å². The molecule has 0 saturated heterocycles. The minimum Gasteiger partial charge on any atom is -0.168 e. The summed E-state index contributed by atoms with van der Waals surface area (Å²) in [5.41, 5.74) is 0. The van der Waals surface area contributed by atoms with E-state index in [0.717, 1.165) is 19.3 Å². The quantitative estimate of drug-likeness (QED) is 0.405. The normalized spacial score (nSPS) is 12.0. The van der Waals surface area contributed by atoms with E-state index in [1.54, 1.807) is 0 Å². The van der Waals surface area contributed by atoms with Crippen LogP contribution in [-0.4, -0.2) is 21.3 Å². The minimum absolute atomic E-state index is 0.228. The third-order valence-corrected chi connectivity index (χ3v) is 2.79. The van der Waals surface area contributed by atoms with Gasteiger partial charge >= 0.3 is 8.17 Å². The van der Waals surface area contributed by atoms with Gasteiger partial charge in [-0.15, -0.1) is 0 Å². The third kappa shape index (κ3) is 14.3. The van der Waals surface area contributed by atoms with Crippen LogP contribution in [-0.2, 0) is 4.52 Å². The topological polar surface area (TPSA) is 69.9 Å². The Morgan fingerprint density at radius 1 is 0.800 bits per heavy atom. The number of hydrogen-bond acceptors (Lipinski definition) is 4. The third-order valence-electron chi connectivity index (χ3n) is 2.26. The smallest absolute Gasteiger partial charge is 0.168 e. The van der Waals surface area contributed by atoms with Gasteiger partial charge in [-0.1, -0.05) is 51.9 Å². The van der Waals surface area contributed by atoms with Crippen LogP contribution < -0.4 is 0 Å². The second-order valence-corrected chi connectivity index (χ2v) is 5.11. The molecule has 0 aliphatic heterocycles. The largest absolute Gasteiger partial charge is 0.567 e. The predicted molar refractivity (Wildman–Crippen MR) is 62.1 cm³/mol. The van der Waals surface area contributed by atoms with Gasteiger partial charge in [-0.05, 0) is 6.42 Å².